The Labute approximate surface area is 91.3 Å². The lowest BCUT2D eigenvalue weighted by Crippen LogP contribution is -2.37. The maximum absolute atomic E-state index is 5.64. The van der Waals surface area contributed by atoms with Gasteiger partial charge in [0.15, 0.2) is 6.29 Å². The normalized spacial score (nSPS) is 27.6. The highest BCUT2D eigenvalue weighted by Crippen LogP contribution is 2.23. The zero-order valence-corrected chi connectivity index (χ0v) is 9.24. The standard InChI is InChI=1S/C10H12BrNO2/c11-8-3-1-7(2-4-8)10-13-5-9(12)6-14-10/h1-4,9-10H,5-6,12H2. The largest absolute Gasteiger partial charge is 0.347 e. The first-order chi connectivity index (χ1) is 6.75. The van der Waals surface area contributed by atoms with Gasteiger partial charge in [-0.1, -0.05) is 28.1 Å². The van der Waals surface area contributed by atoms with E-state index in [2.05, 4.69) is 15.9 Å². The second kappa shape index (κ2) is 4.40. The molecule has 0 spiro atoms. The van der Waals surface area contributed by atoms with E-state index in [4.69, 9.17) is 15.2 Å². The summed E-state index contributed by atoms with van der Waals surface area (Å²) < 4.78 is 12.0. The molecule has 1 aromatic rings. The average Bonchev–Trinajstić information content (AvgIpc) is 2.21. The van der Waals surface area contributed by atoms with E-state index in [0.29, 0.717) is 13.2 Å². The highest BCUT2D eigenvalue weighted by Gasteiger charge is 2.20. The second-order valence-corrected chi connectivity index (χ2v) is 4.23. The molecule has 1 saturated heterocycles. The van der Waals surface area contributed by atoms with Gasteiger partial charge in [-0.05, 0) is 12.1 Å². The van der Waals surface area contributed by atoms with E-state index in [-0.39, 0.29) is 12.3 Å². The van der Waals surface area contributed by atoms with E-state index >= 15 is 0 Å². The summed E-state index contributed by atoms with van der Waals surface area (Å²) in [5.74, 6) is 0. The molecular weight excluding hydrogens is 246 g/mol. The Kier molecular flexibility index (Phi) is 3.18. The van der Waals surface area contributed by atoms with E-state index in [1.54, 1.807) is 0 Å². The summed E-state index contributed by atoms with van der Waals surface area (Å²) in [6.45, 7) is 1.11. The van der Waals surface area contributed by atoms with Gasteiger partial charge in [0.25, 0.3) is 0 Å². The number of rotatable bonds is 1. The summed E-state index contributed by atoms with van der Waals surface area (Å²) in [7, 11) is 0. The van der Waals surface area contributed by atoms with E-state index in [1.807, 2.05) is 24.3 Å². The van der Waals surface area contributed by atoms with Crippen molar-refractivity contribution in [3.8, 4) is 0 Å². The van der Waals surface area contributed by atoms with Crippen LogP contribution < -0.4 is 5.73 Å². The Hall–Kier alpha value is -0.420. The van der Waals surface area contributed by atoms with Crippen molar-refractivity contribution in [3.05, 3.63) is 34.3 Å². The van der Waals surface area contributed by atoms with Crippen molar-refractivity contribution in [2.45, 2.75) is 12.3 Å². The third kappa shape index (κ3) is 2.33. The van der Waals surface area contributed by atoms with Crippen molar-refractivity contribution in [1.82, 2.24) is 0 Å². The number of benzene rings is 1. The lowest BCUT2D eigenvalue weighted by atomic mass is 10.2. The van der Waals surface area contributed by atoms with Crippen LogP contribution in [0.2, 0.25) is 0 Å². The molecule has 0 radical (unpaired) electrons. The Balaban J connectivity index is 2.05. The fraction of sp³-hybridized carbons (Fsp3) is 0.400. The van der Waals surface area contributed by atoms with Crippen molar-refractivity contribution in [1.29, 1.82) is 0 Å². The molecule has 0 unspecified atom stereocenters. The SMILES string of the molecule is NC1COC(c2ccc(Br)cc2)OC1. The Morgan fingerprint density at radius 2 is 1.71 bits per heavy atom. The average molecular weight is 258 g/mol. The van der Waals surface area contributed by atoms with Gasteiger partial charge in [-0.15, -0.1) is 0 Å². The third-order valence-corrected chi connectivity index (χ3v) is 2.59. The Bertz CT molecular complexity index is 293. The monoisotopic (exact) mass is 257 g/mol. The summed E-state index contributed by atoms with van der Waals surface area (Å²) in [5, 5.41) is 0. The van der Waals surface area contributed by atoms with Crippen LogP contribution in [0.15, 0.2) is 28.7 Å². The van der Waals surface area contributed by atoms with Crippen LogP contribution in [0, 0.1) is 0 Å². The zero-order chi connectivity index (χ0) is 9.97. The Morgan fingerprint density at radius 1 is 1.14 bits per heavy atom. The maximum Gasteiger partial charge on any atom is 0.183 e. The first kappa shape index (κ1) is 10.1. The summed E-state index contributed by atoms with van der Waals surface area (Å²) in [6.07, 6.45) is -0.261. The van der Waals surface area contributed by atoms with Crippen LogP contribution in [0.4, 0.5) is 0 Å². The lowest BCUT2D eigenvalue weighted by Gasteiger charge is -2.27. The summed E-state index contributed by atoms with van der Waals surface area (Å²) in [4.78, 5) is 0. The predicted octanol–water partition coefficient (Wildman–Crippen LogP) is 1.82. The molecule has 14 heavy (non-hydrogen) atoms. The second-order valence-electron chi connectivity index (χ2n) is 3.31. The van der Waals surface area contributed by atoms with Gasteiger partial charge in [0.05, 0.1) is 19.3 Å². The fourth-order valence-electron chi connectivity index (χ4n) is 1.33. The van der Waals surface area contributed by atoms with Crippen LogP contribution in [0.3, 0.4) is 0 Å². The van der Waals surface area contributed by atoms with Gasteiger partial charge in [0.1, 0.15) is 0 Å². The zero-order valence-electron chi connectivity index (χ0n) is 7.65. The number of ether oxygens (including phenoxy) is 2. The van der Waals surface area contributed by atoms with Gasteiger partial charge in [-0.2, -0.15) is 0 Å². The number of hydrogen-bond donors (Lipinski definition) is 1. The molecule has 2 rings (SSSR count). The molecule has 1 aliphatic heterocycles. The molecule has 1 aliphatic rings. The molecule has 0 saturated carbocycles. The molecule has 1 fully saturated rings. The van der Waals surface area contributed by atoms with Crippen LogP contribution >= 0.6 is 15.9 Å². The molecule has 3 nitrogen and oxygen atoms in total. The van der Waals surface area contributed by atoms with Gasteiger partial charge >= 0.3 is 0 Å². The molecule has 0 atom stereocenters. The third-order valence-electron chi connectivity index (χ3n) is 2.07. The van der Waals surface area contributed by atoms with Gasteiger partial charge in [-0.25, -0.2) is 0 Å². The minimum absolute atomic E-state index is 0.00157. The van der Waals surface area contributed by atoms with E-state index < -0.39 is 0 Å². The lowest BCUT2D eigenvalue weighted by molar-refractivity contribution is -0.189. The molecule has 1 heterocycles. The number of halogens is 1. The summed E-state index contributed by atoms with van der Waals surface area (Å²) in [5.41, 5.74) is 6.67. The van der Waals surface area contributed by atoms with Crippen LogP contribution in [0.1, 0.15) is 11.9 Å². The predicted molar refractivity (Wildman–Crippen MR) is 56.8 cm³/mol. The minimum atomic E-state index is -0.261. The Morgan fingerprint density at radius 3 is 2.29 bits per heavy atom. The van der Waals surface area contributed by atoms with Crippen LogP contribution in [0.25, 0.3) is 0 Å². The van der Waals surface area contributed by atoms with Crippen LogP contribution in [-0.4, -0.2) is 19.3 Å². The van der Waals surface area contributed by atoms with E-state index in [9.17, 15) is 0 Å². The van der Waals surface area contributed by atoms with Crippen molar-refractivity contribution in [3.63, 3.8) is 0 Å². The minimum Gasteiger partial charge on any atom is -0.347 e. The highest BCUT2D eigenvalue weighted by molar-refractivity contribution is 9.10. The van der Waals surface area contributed by atoms with Crippen LogP contribution in [-0.2, 0) is 9.47 Å². The van der Waals surface area contributed by atoms with Crippen molar-refractivity contribution in [2.75, 3.05) is 13.2 Å². The van der Waals surface area contributed by atoms with Crippen LogP contribution in [0.5, 0.6) is 0 Å². The van der Waals surface area contributed by atoms with E-state index in [0.717, 1.165) is 10.0 Å². The van der Waals surface area contributed by atoms with E-state index in [1.165, 1.54) is 0 Å². The molecular formula is C10H12BrNO2. The molecule has 4 heteroatoms. The molecule has 0 aromatic heterocycles. The topological polar surface area (TPSA) is 44.5 Å². The molecule has 1 aromatic carbocycles. The molecule has 0 aliphatic carbocycles. The molecule has 2 N–H and O–H groups in total. The smallest absolute Gasteiger partial charge is 0.183 e. The van der Waals surface area contributed by atoms with Gasteiger partial charge in [0.2, 0.25) is 0 Å². The van der Waals surface area contributed by atoms with Gasteiger partial charge in [-0.3, -0.25) is 0 Å². The number of hydrogen-bond acceptors (Lipinski definition) is 3. The fourth-order valence-corrected chi connectivity index (χ4v) is 1.59. The van der Waals surface area contributed by atoms with Gasteiger partial charge < -0.3 is 15.2 Å². The molecule has 76 valence electrons. The quantitative estimate of drug-likeness (QED) is 0.835. The molecule has 0 amide bonds. The molecule has 0 bridgehead atoms. The van der Waals surface area contributed by atoms with Gasteiger partial charge in [0, 0.05) is 10.0 Å². The highest BCUT2D eigenvalue weighted by atomic mass is 79.9. The summed E-state index contributed by atoms with van der Waals surface area (Å²) in [6, 6.07) is 7.89. The maximum atomic E-state index is 5.64. The van der Waals surface area contributed by atoms with Crippen molar-refractivity contribution in [2.24, 2.45) is 5.73 Å². The summed E-state index contributed by atoms with van der Waals surface area (Å²) >= 11 is 3.38. The van der Waals surface area contributed by atoms with Crippen molar-refractivity contribution >= 4 is 15.9 Å². The number of nitrogens with two attached hydrogens (primary N) is 1. The first-order valence-corrected chi connectivity index (χ1v) is 5.29. The first-order valence-electron chi connectivity index (χ1n) is 4.50. The van der Waals surface area contributed by atoms with Crippen molar-refractivity contribution < 1.29 is 9.47 Å².